The topological polar surface area (TPSA) is 36.7 Å². The maximum absolute atomic E-state index is 12.3. The molecule has 0 atom stereocenters. The summed E-state index contributed by atoms with van der Waals surface area (Å²) in [4.78, 5) is 3.32. The normalized spacial score (nSPS) is 8.90. The third-order valence-corrected chi connectivity index (χ3v) is 1.20. The van der Waals surface area contributed by atoms with Crippen LogP contribution in [0.3, 0.4) is 0 Å². The highest BCUT2D eigenvalue weighted by molar-refractivity contribution is 5.33. The number of nitriles is 1. The van der Waals surface area contributed by atoms with Gasteiger partial charge in [-0.15, -0.1) is 0 Å². The molecular weight excluding hydrogens is 131 g/mol. The summed E-state index contributed by atoms with van der Waals surface area (Å²) >= 11 is 0. The van der Waals surface area contributed by atoms with E-state index >= 15 is 0 Å². The first-order valence-corrected chi connectivity index (χ1v) is 2.76. The van der Waals surface area contributed by atoms with Crippen LogP contribution in [-0.2, 0) is 0 Å². The molecule has 1 heterocycles. The molecule has 50 valence electrons. The lowest BCUT2D eigenvalue weighted by molar-refractivity contribution is 0.582. The van der Waals surface area contributed by atoms with Gasteiger partial charge in [-0.05, 0) is 18.6 Å². The molecule has 0 amide bonds. The van der Waals surface area contributed by atoms with Crippen molar-refractivity contribution in [2.75, 3.05) is 0 Å². The summed E-state index contributed by atoms with van der Waals surface area (Å²) in [7, 11) is 0. The standard InChI is InChI=1S/C7H5FN2/c1-5-2-7(8)10-4-6(5)3-9/h2,4H,1H3. The predicted octanol–water partition coefficient (Wildman–Crippen LogP) is 1.40. The molecule has 1 rings (SSSR count). The molecule has 0 fully saturated rings. The van der Waals surface area contributed by atoms with Crippen LogP contribution in [0.1, 0.15) is 11.1 Å². The van der Waals surface area contributed by atoms with Gasteiger partial charge in [0.15, 0.2) is 0 Å². The van der Waals surface area contributed by atoms with Gasteiger partial charge < -0.3 is 0 Å². The lowest BCUT2D eigenvalue weighted by Crippen LogP contribution is -1.87. The van der Waals surface area contributed by atoms with Crippen molar-refractivity contribution in [2.24, 2.45) is 0 Å². The molecule has 0 saturated heterocycles. The van der Waals surface area contributed by atoms with Crippen molar-refractivity contribution in [3.8, 4) is 6.07 Å². The molecule has 0 spiro atoms. The molecule has 0 aliphatic heterocycles. The van der Waals surface area contributed by atoms with Gasteiger partial charge in [-0.2, -0.15) is 9.65 Å². The van der Waals surface area contributed by atoms with Gasteiger partial charge in [-0.25, -0.2) is 4.98 Å². The fraction of sp³-hybridized carbons (Fsp3) is 0.143. The summed E-state index contributed by atoms with van der Waals surface area (Å²) < 4.78 is 12.3. The van der Waals surface area contributed by atoms with Crippen molar-refractivity contribution in [3.63, 3.8) is 0 Å². The number of rotatable bonds is 0. The molecular formula is C7H5FN2. The molecule has 0 aromatic carbocycles. The van der Waals surface area contributed by atoms with Crippen LogP contribution in [0.2, 0.25) is 0 Å². The first-order valence-electron chi connectivity index (χ1n) is 2.76. The second kappa shape index (κ2) is 2.44. The number of aryl methyl sites for hydroxylation is 1. The van der Waals surface area contributed by atoms with E-state index in [1.165, 1.54) is 12.3 Å². The Bertz CT molecular complexity index is 288. The van der Waals surface area contributed by atoms with Crippen LogP contribution in [0.15, 0.2) is 12.3 Å². The summed E-state index contributed by atoms with van der Waals surface area (Å²) in [5, 5.41) is 8.40. The summed E-state index contributed by atoms with van der Waals surface area (Å²) in [5.41, 5.74) is 1.04. The van der Waals surface area contributed by atoms with E-state index in [9.17, 15) is 4.39 Å². The van der Waals surface area contributed by atoms with Crippen molar-refractivity contribution in [1.82, 2.24) is 4.98 Å². The largest absolute Gasteiger partial charge is 0.227 e. The monoisotopic (exact) mass is 136 g/mol. The maximum Gasteiger partial charge on any atom is 0.213 e. The fourth-order valence-electron chi connectivity index (χ4n) is 0.639. The van der Waals surface area contributed by atoms with Crippen molar-refractivity contribution >= 4 is 0 Å². The number of pyridine rings is 1. The van der Waals surface area contributed by atoms with Gasteiger partial charge in [0.1, 0.15) is 6.07 Å². The van der Waals surface area contributed by atoms with E-state index in [1.54, 1.807) is 6.92 Å². The summed E-state index contributed by atoms with van der Waals surface area (Å²) in [6.45, 7) is 1.67. The number of hydrogen-bond acceptors (Lipinski definition) is 2. The molecule has 0 bridgehead atoms. The van der Waals surface area contributed by atoms with Gasteiger partial charge >= 0.3 is 0 Å². The number of halogens is 1. The molecule has 0 aliphatic carbocycles. The molecule has 0 N–H and O–H groups in total. The maximum atomic E-state index is 12.3. The minimum atomic E-state index is -0.545. The smallest absolute Gasteiger partial charge is 0.213 e. The first-order chi connectivity index (χ1) is 4.74. The summed E-state index contributed by atoms with van der Waals surface area (Å²) in [6, 6.07) is 3.13. The number of aromatic nitrogens is 1. The number of nitrogens with zero attached hydrogens (tertiary/aromatic N) is 2. The van der Waals surface area contributed by atoms with Crippen LogP contribution in [0.4, 0.5) is 4.39 Å². The molecule has 10 heavy (non-hydrogen) atoms. The SMILES string of the molecule is Cc1cc(F)ncc1C#N. The summed E-state index contributed by atoms with van der Waals surface area (Å²) in [5.74, 6) is -0.545. The second-order valence-electron chi connectivity index (χ2n) is 1.93. The fourth-order valence-corrected chi connectivity index (χ4v) is 0.639. The average molecular weight is 136 g/mol. The molecule has 0 unspecified atom stereocenters. The molecule has 1 aromatic rings. The van der Waals surface area contributed by atoms with Gasteiger partial charge in [0.2, 0.25) is 5.95 Å². The van der Waals surface area contributed by atoms with Crippen LogP contribution >= 0.6 is 0 Å². The third-order valence-electron chi connectivity index (χ3n) is 1.20. The minimum Gasteiger partial charge on any atom is -0.227 e. The summed E-state index contributed by atoms with van der Waals surface area (Å²) in [6.07, 6.45) is 1.23. The van der Waals surface area contributed by atoms with E-state index in [0.717, 1.165) is 0 Å². The molecule has 3 heteroatoms. The molecule has 2 nitrogen and oxygen atoms in total. The van der Waals surface area contributed by atoms with E-state index in [4.69, 9.17) is 5.26 Å². The van der Waals surface area contributed by atoms with Crippen LogP contribution < -0.4 is 0 Å². The van der Waals surface area contributed by atoms with Crippen molar-refractivity contribution in [3.05, 3.63) is 29.3 Å². The van der Waals surface area contributed by atoms with Crippen LogP contribution in [-0.4, -0.2) is 4.98 Å². The highest BCUT2D eigenvalue weighted by Gasteiger charge is 1.97. The zero-order valence-corrected chi connectivity index (χ0v) is 5.43. The van der Waals surface area contributed by atoms with E-state index < -0.39 is 5.95 Å². The zero-order valence-electron chi connectivity index (χ0n) is 5.43. The zero-order chi connectivity index (χ0) is 7.56. The first kappa shape index (κ1) is 6.69. The van der Waals surface area contributed by atoms with Crippen LogP contribution in [0, 0.1) is 24.2 Å². The Hall–Kier alpha value is -1.43. The van der Waals surface area contributed by atoms with Crippen molar-refractivity contribution < 1.29 is 4.39 Å². The number of hydrogen-bond donors (Lipinski definition) is 0. The Labute approximate surface area is 57.9 Å². The lowest BCUT2D eigenvalue weighted by atomic mass is 10.2. The lowest BCUT2D eigenvalue weighted by Gasteiger charge is -1.92. The van der Waals surface area contributed by atoms with Gasteiger partial charge in [-0.1, -0.05) is 0 Å². The highest BCUT2D eigenvalue weighted by Crippen LogP contribution is 2.04. The Kier molecular flexibility index (Phi) is 1.63. The van der Waals surface area contributed by atoms with Crippen LogP contribution in [0.25, 0.3) is 0 Å². The average Bonchev–Trinajstić information content (AvgIpc) is 1.88. The minimum absolute atomic E-state index is 0.418. The van der Waals surface area contributed by atoms with Crippen molar-refractivity contribution in [2.45, 2.75) is 6.92 Å². The van der Waals surface area contributed by atoms with Gasteiger partial charge in [0.25, 0.3) is 0 Å². The Morgan fingerprint density at radius 2 is 2.40 bits per heavy atom. The van der Waals surface area contributed by atoms with Gasteiger partial charge in [0.05, 0.1) is 5.56 Å². The van der Waals surface area contributed by atoms with E-state index in [0.29, 0.717) is 11.1 Å². The van der Waals surface area contributed by atoms with Crippen LogP contribution in [0.5, 0.6) is 0 Å². The second-order valence-corrected chi connectivity index (χ2v) is 1.93. The van der Waals surface area contributed by atoms with Gasteiger partial charge in [0, 0.05) is 6.20 Å². The molecule has 0 radical (unpaired) electrons. The molecule has 0 aliphatic rings. The Morgan fingerprint density at radius 3 is 2.90 bits per heavy atom. The molecule has 0 saturated carbocycles. The van der Waals surface area contributed by atoms with Gasteiger partial charge in [-0.3, -0.25) is 0 Å². The van der Waals surface area contributed by atoms with Crippen molar-refractivity contribution in [1.29, 1.82) is 5.26 Å². The molecule has 1 aromatic heterocycles. The quantitative estimate of drug-likeness (QED) is 0.505. The third kappa shape index (κ3) is 1.11. The Morgan fingerprint density at radius 1 is 1.70 bits per heavy atom. The van der Waals surface area contributed by atoms with E-state index in [2.05, 4.69) is 4.98 Å². The van der Waals surface area contributed by atoms with E-state index in [-0.39, 0.29) is 0 Å². The Balaban J connectivity index is 3.23. The predicted molar refractivity (Wildman–Crippen MR) is 33.6 cm³/mol. The van der Waals surface area contributed by atoms with E-state index in [1.807, 2.05) is 6.07 Å². The highest BCUT2D eigenvalue weighted by atomic mass is 19.1.